The summed E-state index contributed by atoms with van der Waals surface area (Å²) in [6, 6.07) is 6.68. The molecular formula is C13H19N3O4S. The van der Waals surface area contributed by atoms with Gasteiger partial charge in [-0.25, -0.2) is 18.4 Å². The molecule has 1 aromatic rings. The molecule has 1 heterocycles. The number of rotatable bonds is 3. The molecule has 1 aliphatic heterocycles. The second-order valence-corrected chi connectivity index (χ2v) is 6.77. The fourth-order valence-corrected chi connectivity index (χ4v) is 3.22. The van der Waals surface area contributed by atoms with E-state index in [0.717, 1.165) is 0 Å². The molecule has 21 heavy (non-hydrogen) atoms. The molecule has 1 aromatic carbocycles. The van der Waals surface area contributed by atoms with Crippen LogP contribution in [0.2, 0.25) is 0 Å². The number of methoxy groups -OCH3 is 1. The van der Waals surface area contributed by atoms with Crippen molar-refractivity contribution >= 4 is 21.7 Å². The third kappa shape index (κ3) is 3.85. The average molecular weight is 313 g/mol. The molecule has 3 N–H and O–H groups in total. The molecule has 2 rings (SSSR count). The van der Waals surface area contributed by atoms with E-state index in [0.29, 0.717) is 30.8 Å². The monoisotopic (exact) mass is 313 g/mol. The summed E-state index contributed by atoms with van der Waals surface area (Å²) in [7, 11) is -2.11. The van der Waals surface area contributed by atoms with Crippen LogP contribution in [0.4, 0.5) is 10.5 Å². The minimum atomic E-state index is -3.62. The topological polar surface area (TPSA) is 102 Å². The van der Waals surface area contributed by atoms with Gasteiger partial charge in [-0.2, -0.15) is 0 Å². The maximum Gasteiger partial charge on any atom is 0.321 e. The summed E-state index contributed by atoms with van der Waals surface area (Å²) in [4.78, 5) is 13.7. The van der Waals surface area contributed by atoms with Gasteiger partial charge in [-0.1, -0.05) is 12.1 Å². The first kappa shape index (κ1) is 15.6. The van der Waals surface area contributed by atoms with Crippen LogP contribution in [-0.2, 0) is 10.0 Å². The van der Waals surface area contributed by atoms with Crippen LogP contribution >= 0.6 is 0 Å². The lowest BCUT2D eigenvalue weighted by molar-refractivity contribution is 0.200. The van der Waals surface area contributed by atoms with Gasteiger partial charge in [-0.3, -0.25) is 0 Å². The zero-order chi connectivity index (χ0) is 15.5. The number of carbonyl (C=O) groups excluding carboxylic acids is 1. The number of urea groups is 1. The summed E-state index contributed by atoms with van der Waals surface area (Å²) in [5, 5.41) is 7.19. The predicted octanol–water partition coefficient (Wildman–Crippen LogP) is 0.980. The molecule has 2 amide bonds. The van der Waals surface area contributed by atoms with Gasteiger partial charge in [0.2, 0.25) is 10.0 Å². The molecule has 1 fully saturated rings. The number of para-hydroxylation sites is 2. The molecule has 1 saturated heterocycles. The van der Waals surface area contributed by atoms with Crippen molar-refractivity contribution in [2.75, 3.05) is 25.5 Å². The van der Waals surface area contributed by atoms with Gasteiger partial charge in [0.15, 0.2) is 0 Å². The smallest absolute Gasteiger partial charge is 0.321 e. The van der Waals surface area contributed by atoms with Crippen molar-refractivity contribution in [2.24, 2.45) is 5.14 Å². The fourth-order valence-electron chi connectivity index (χ4n) is 2.33. The number of amides is 2. The van der Waals surface area contributed by atoms with Gasteiger partial charge in [0.1, 0.15) is 5.75 Å². The largest absolute Gasteiger partial charge is 0.495 e. The number of carbonyl (C=O) groups is 1. The molecule has 7 nitrogen and oxygen atoms in total. The molecule has 0 aliphatic carbocycles. The second-order valence-electron chi connectivity index (χ2n) is 4.93. The van der Waals surface area contributed by atoms with Gasteiger partial charge in [-0.05, 0) is 25.0 Å². The first-order chi connectivity index (χ1) is 9.91. The lowest BCUT2D eigenvalue weighted by Gasteiger charge is -2.31. The van der Waals surface area contributed by atoms with E-state index in [-0.39, 0.29) is 12.6 Å². The number of primary sulfonamides is 1. The summed E-state index contributed by atoms with van der Waals surface area (Å²) in [5.74, 6) is 0.547. The van der Waals surface area contributed by atoms with Crippen molar-refractivity contribution in [2.45, 2.75) is 18.1 Å². The number of piperidine rings is 1. The van der Waals surface area contributed by atoms with E-state index in [1.54, 1.807) is 24.3 Å². The van der Waals surface area contributed by atoms with E-state index in [9.17, 15) is 13.2 Å². The van der Waals surface area contributed by atoms with Crippen molar-refractivity contribution < 1.29 is 17.9 Å². The van der Waals surface area contributed by atoms with Crippen LogP contribution < -0.4 is 15.2 Å². The Morgan fingerprint density at radius 2 is 2.14 bits per heavy atom. The Hall–Kier alpha value is -1.80. The van der Waals surface area contributed by atoms with Crippen LogP contribution in [0.1, 0.15) is 12.8 Å². The van der Waals surface area contributed by atoms with E-state index < -0.39 is 15.3 Å². The zero-order valence-electron chi connectivity index (χ0n) is 11.8. The number of hydrogen-bond donors (Lipinski definition) is 2. The maximum atomic E-state index is 12.2. The zero-order valence-corrected chi connectivity index (χ0v) is 12.6. The van der Waals surface area contributed by atoms with E-state index in [2.05, 4.69) is 5.32 Å². The first-order valence-corrected chi connectivity index (χ1v) is 8.23. The highest BCUT2D eigenvalue weighted by Gasteiger charge is 2.30. The Morgan fingerprint density at radius 3 is 2.81 bits per heavy atom. The van der Waals surface area contributed by atoms with E-state index in [4.69, 9.17) is 9.88 Å². The molecular weight excluding hydrogens is 294 g/mol. The molecule has 116 valence electrons. The third-order valence-electron chi connectivity index (χ3n) is 3.48. The number of sulfonamides is 1. The van der Waals surface area contributed by atoms with Crippen LogP contribution in [0.25, 0.3) is 0 Å². The average Bonchev–Trinajstić information content (AvgIpc) is 2.47. The number of nitrogens with two attached hydrogens (primary N) is 1. The molecule has 1 aliphatic rings. The SMILES string of the molecule is COc1ccccc1NC(=O)N1CCCC(S(N)(=O)=O)C1. The Kier molecular flexibility index (Phi) is 4.69. The molecule has 8 heteroatoms. The number of likely N-dealkylation sites (tertiary alicyclic amines) is 1. The minimum Gasteiger partial charge on any atom is -0.495 e. The lowest BCUT2D eigenvalue weighted by atomic mass is 10.1. The summed E-state index contributed by atoms with van der Waals surface area (Å²) in [6.45, 7) is 0.618. The molecule has 0 aromatic heterocycles. The second kappa shape index (κ2) is 6.31. The summed E-state index contributed by atoms with van der Waals surface area (Å²) in [5.41, 5.74) is 0.544. The molecule has 0 spiro atoms. The highest BCUT2D eigenvalue weighted by atomic mass is 32.2. The highest BCUT2D eigenvalue weighted by molar-refractivity contribution is 7.89. The normalized spacial score (nSPS) is 19.1. The lowest BCUT2D eigenvalue weighted by Crippen LogP contribution is -2.48. The van der Waals surface area contributed by atoms with Gasteiger partial charge in [0.05, 0.1) is 18.0 Å². The molecule has 1 atom stereocenters. The first-order valence-electron chi connectivity index (χ1n) is 6.62. The van der Waals surface area contributed by atoms with Crippen molar-refractivity contribution in [3.8, 4) is 5.75 Å². The van der Waals surface area contributed by atoms with Gasteiger partial charge in [0.25, 0.3) is 0 Å². The van der Waals surface area contributed by atoms with Crippen LogP contribution in [0.3, 0.4) is 0 Å². The number of anilines is 1. The van der Waals surface area contributed by atoms with Crippen LogP contribution in [0.15, 0.2) is 24.3 Å². The quantitative estimate of drug-likeness (QED) is 0.868. The van der Waals surface area contributed by atoms with E-state index in [1.165, 1.54) is 12.0 Å². The van der Waals surface area contributed by atoms with Crippen LogP contribution in [0.5, 0.6) is 5.75 Å². The molecule has 0 bridgehead atoms. The number of nitrogens with one attached hydrogen (secondary N) is 1. The molecule has 0 saturated carbocycles. The maximum absolute atomic E-state index is 12.2. The summed E-state index contributed by atoms with van der Waals surface area (Å²) < 4.78 is 28.0. The summed E-state index contributed by atoms with van der Waals surface area (Å²) in [6.07, 6.45) is 1.09. The van der Waals surface area contributed by atoms with Gasteiger partial charge in [0, 0.05) is 13.1 Å². The predicted molar refractivity (Wildman–Crippen MR) is 79.7 cm³/mol. The van der Waals surface area contributed by atoms with E-state index in [1.807, 2.05) is 0 Å². The number of ether oxygens (including phenoxy) is 1. The number of hydrogen-bond acceptors (Lipinski definition) is 4. The molecule has 1 unspecified atom stereocenters. The minimum absolute atomic E-state index is 0.111. The fraction of sp³-hybridized carbons (Fsp3) is 0.462. The number of benzene rings is 1. The Morgan fingerprint density at radius 1 is 1.43 bits per heavy atom. The standard InChI is InChI=1S/C13H19N3O4S/c1-20-12-7-3-2-6-11(12)15-13(17)16-8-4-5-10(9-16)21(14,18)19/h2-3,6-7,10H,4-5,8-9H2,1H3,(H,15,17)(H2,14,18,19). The van der Waals surface area contributed by atoms with Gasteiger partial charge in [-0.15, -0.1) is 0 Å². The van der Waals surface area contributed by atoms with Gasteiger partial charge >= 0.3 is 6.03 Å². The van der Waals surface area contributed by atoms with Crippen molar-refractivity contribution in [3.63, 3.8) is 0 Å². The summed E-state index contributed by atoms with van der Waals surface area (Å²) >= 11 is 0. The van der Waals surface area contributed by atoms with Crippen LogP contribution in [0, 0.1) is 0 Å². The Balaban J connectivity index is 2.06. The van der Waals surface area contributed by atoms with Crippen LogP contribution in [-0.4, -0.2) is 44.8 Å². The van der Waals surface area contributed by atoms with Crippen molar-refractivity contribution in [1.82, 2.24) is 4.90 Å². The van der Waals surface area contributed by atoms with Crippen molar-refractivity contribution in [1.29, 1.82) is 0 Å². The third-order valence-corrected chi connectivity index (χ3v) is 4.79. The van der Waals surface area contributed by atoms with Crippen molar-refractivity contribution in [3.05, 3.63) is 24.3 Å². The van der Waals surface area contributed by atoms with Gasteiger partial charge < -0.3 is 15.0 Å². The van der Waals surface area contributed by atoms with E-state index >= 15 is 0 Å². The Bertz CT molecular complexity index is 618. The number of nitrogens with zero attached hydrogens (tertiary/aromatic N) is 1. The molecule has 0 radical (unpaired) electrons. The Labute approximate surface area is 124 Å². The highest BCUT2D eigenvalue weighted by Crippen LogP contribution is 2.24.